The van der Waals surface area contributed by atoms with Crippen LogP contribution >= 0.6 is 22.9 Å². The van der Waals surface area contributed by atoms with Crippen LogP contribution in [0.4, 0.5) is 0 Å². The molecule has 2 aromatic heterocycles. The average Bonchev–Trinajstić information content (AvgIpc) is 3.06. The highest BCUT2D eigenvalue weighted by Gasteiger charge is 2.21. The lowest BCUT2D eigenvalue weighted by Gasteiger charge is -2.23. The molecule has 3 nitrogen and oxygen atoms in total. The van der Waals surface area contributed by atoms with Gasteiger partial charge in [-0.1, -0.05) is 11.6 Å². The van der Waals surface area contributed by atoms with E-state index in [9.17, 15) is 0 Å². The van der Waals surface area contributed by atoms with Crippen molar-refractivity contribution < 1.29 is 0 Å². The van der Waals surface area contributed by atoms with Crippen molar-refractivity contribution in [2.24, 2.45) is 0 Å². The Morgan fingerprint density at radius 2 is 2.40 bits per heavy atom. The predicted octanol–water partition coefficient (Wildman–Crippen LogP) is 4.05. The van der Waals surface area contributed by atoms with Crippen molar-refractivity contribution in [3.63, 3.8) is 0 Å². The summed E-state index contributed by atoms with van der Waals surface area (Å²) in [5.74, 6) is 0. The summed E-state index contributed by atoms with van der Waals surface area (Å²) in [5, 5.41) is 3.69. The number of hydrogen-bond acceptors (Lipinski definition) is 3. The number of hydrogen-bond donors (Lipinski definition) is 1. The summed E-state index contributed by atoms with van der Waals surface area (Å²) >= 11 is 7.89. The zero-order valence-electron chi connectivity index (χ0n) is 11.5. The first kappa shape index (κ1) is 14.1. The molecule has 2 heterocycles. The zero-order valence-corrected chi connectivity index (χ0v) is 13.1. The number of aromatic nitrogens is 2. The first-order valence-corrected chi connectivity index (χ1v) is 8.49. The number of fused-ring (bicyclic) bond motifs is 1. The van der Waals surface area contributed by atoms with E-state index in [-0.39, 0.29) is 0 Å². The number of nitrogens with one attached hydrogen (secondary N) is 1. The number of rotatable bonds is 6. The van der Waals surface area contributed by atoms with E-state index in [1.54, 1.807) is 11.3 Å². The van der Waals surface area contributed by atoms with Crippen LogP contribution in [0.5, 0.6) is 0 Å². The molecule has 0 saturated carbocycles. The van der Waals surface area contributed by atoms with Gasteiger partial charge < -0.3 is 9.88 Å². The van der Waals surface area contributed by atoms with Gasteiger partial charge in [0, 0.05) is 29.9 Å². The third kappa shape index (κ3) is 3.43. The highest BCUT2D eigenvalue weighted by Crippen LogP contribution is 2.37. The Morgan fingerprint density at radius 1 is 1.45 bits per heavy atom. The van der Waals surface area contributed by atoms with Gasteiger partial charge in [-0.3, -0.25) is 0 Å². The first-order chi connectivity index (χ1) is 9.83. The van der Waals surface area contributed by atoms with Crippen molar-refractivity contribution in [2.45, 2.75) is 44.7 Å². The second-order valence-corrected chi connectivity index (χ2v) is 7.10. The molecule has 1 aliphatic carbocycles. The van der Waals surface area contributed by atoms with Crippen LogP contribution in [0, 0.1) is 0 Å². The van der Waals surface area contributed by atoms with E-state index in [0.29, 0.717) is 6.04 Å². The molecule has 0 bridgehead atoms. The molecule has 108 valence electrons. The van der Waals surface area contributed by atoms with Crippen LogP contribution in [-0.2, 0) is 13.0 Å². The number of imidazole rings is 1. The molecule has 0 fully saturated rings. The van der Waals surface area contributed by atoms with Gasteiger partial charge in [-0.2, -0.15) is 0 Å². The van der Waals surface area contributed by atoms with E-state index >= 15 is 0 Å². The summed E-state index contributed by atoms with van der Waals surface area (Å²) in [7, 11) is 0. The Bertz CT molecular complexity index is 535. The number of halogens is 1. The zero-order chi connectivity index (χ0) is 13.8. The summed E-state index contributed by atoms with van der Waals surface area (Å²) in [6.45, 7) is 2.13. The molecule has 1 aliphatic rings. The monoisotopic (exact) mass is 309 g/mol. The van der Waals surface area contributed by atoms with E-state index in [1.165, 1.54) is 42.5 Å². The van der Waals surface area contributed by atoms with E-state index in [1.807, 2.05) is 18.7 Å². The Labute approximate surface area is 129 Å². The van der Waals surface area contributed by atoms with Crippen LogP contribution in [0.15, 0.2) is 24.8 Å². The minimum Gasteiger partial charge on any atom is -0.337 e. The summed E-state index contributed by atoms with van der Waals surface area (Å²) in [4.78, 5) is 5.54. The van der Waals surface area contributed by atoms with Gasteiger partial charge in [0.15, 0.2) is 0 Å². The average molecular weight is 310 g/mol. The molecule has 0 saturated heterocycles. The second kappa shape index (κ2) is 6.74. The van der Waals surface area contributed by atoms with Crippen LogP contribution in [0.3, 0.4) is 0 Å². The molecule has 0 amide bonds. The summed E-state index contributed by atoms with van der Waals surface area (Å²) in [5.41, 5.74) is 1.45. The van der Waals surface area contributed by atoms with Gasteiger partial charge in [-0.05, 0) is 50.3 Å². The third-order valence-corrected chi connectivity index (χ3v) is 5.22. The van der Waals surface area contributed by atoms with Crippen molar-refractivity contribution >= 4 is 22.9 Å². The van der Waals surface area contributed by atoms with Crippen molar-refractivity contribution in [3.8, 4) is 0 Å². The Kier molecular flexibility index (Phi) is 4.76. The predicted molar refractivity (Wildman–Crippen MR) is 84.5 cm³/mol. The van der Waals surface area contributed by atoms with Gasteiger partial charge in [0.05, 0.1) is 10.7 Å². The molecule has 5 heteroatoms. The highest BCUT2D eigenvalue weighted by atomic mass is 35.5. The molecule has 20 heavy (non-hydrogen) atoms. The van der Waals surface area contributed by atoms with Crippen LogP contribution in [0.25, 0.3) is 0 Å². The normalized spacial score (nSPS) is 18.1. The first-order valence-electron chi connectivity index (χ1n) is 7.30. The topological polar surface area (TPSA) is 29.9 Å². The standard InChI is InChI=1S/C15H20ClN3S/c16-15-10-12-13(4-3-5-14(12)20-15)18-6-1-2-8-19-9-7-17-11-19/h7,9-11,13,18H,1-6,8H2. The van der Waals surface area contributed by atoms with E-state index in [2.05, 4.69) is 20.9 Å². The Morgan fingerprint density at radius 3 is 3.25 bits per heavy atom. The molecular weight excluding hydrogens is 290 g/mol. The molecule has 2 aromatic rings. The fraction of sp³-hybridized carbons (Fsp3) is 0.533. The minimum absolute atomic E-state index is 0.510. The van der Waals surface area contributed by atoms with Crippen LogP contribution in [0.1, 0.15) is 42.2 Å². The molecule has 0 spiro atoms. The highest BCUT2D eigenvalue weighted by molar-refractivity contribution is 7.16. The molecule has 1 atom stereocenters. The number of unbranched alkanes of at least 4 members (excludes halogenated alkanes) is 1. The maximum absolute atomic E-state index is 6.14. The van der Waals surface area contributed by atoms with Gasteiger partial charge >= 0.3 is 0 Å². The van der Waals surface area contributed by atoms with Crippen molar-refractivity contribution in [3.05, 3.63) is 39.6 Å². The van der Waals surface area contributed by atoms with Crippen molar-refractivity contribution in [2.75, 3.05) is 6.54 Å². The number of aryl methyl sites for hydroxylation is 2. The Balaban J connectivity index is 1.43. The van der Waals surface area contributed by atoms with Gasteiger partial charge in [0.2, 0.25) is 0 Å². The molecule has 0 aromatic carbocycles. The second-order valence-electron chi connectivity index (χ2n) is 5.34. The quantitative estimate of drug-likeness (QED) is 0.816. The molecular formula is C15H20ClN3S. The molecule has 3 rings (SSSR count). The van der Waals surface area contributed by atoms with Crippen molar-refractivity contribution in [1.29, 1.82) is 0 Å². The number of nitrogens with zero attached hydrogens (tertiary/aromatic N) is 2. The van der Waals surface area contributed by atoms with Crippen LogP contribution in [0.2, 0.25) is 4.34 Å². The van der Waals surface area contributed by atoms with Gasteiger partial charge in [0.25, 0.3) is 0 Å². The maximum atomic E-state index is 6.14. The fourth-order valence-electron chi connectivity index (χ4n) is 2.85. The van der Waals surface area contributed by atoms with Gasteiger partial charge in [0.1, 0.15) is 0 Å². The third-order valence-electron chi connectivity index (χ3n) is 3.88. The lowest BCUT2D eigenvalue weighted by atomic mass is 9.94. The lowest BCUT2D eigenvalue weighted by molar-refractivity contribution is 0.449. The minimum atomic E-state index is 0.510. The SMILES string of the molecule is Clc1cc2c(s1)CCCC2NCCCCn1ccnc1. The lowest BCUT2D eigenvalue weighted by Crippen LogP contribution is -2.25. The molecule has 1 N–H and O–H groups in total. The van der Waals surface area contributed by atoms with Crippen molar-refractivity contribution in [1.82, 2.24) is 14.9 Å². The Hall–Kier alpha value is -0.840. The van der Waals surface area contributed by atoms with E-state index < -0.39 is 0 Å². The summed E-state index contributed by atoms with van der Waals surface area (Å²) < 4.78 is 3.07. The van der Waals surface area contributed by atoms with Gasteiger partial charge in [-0.15, -0.1) is 11.3 Å². The fourth-order valence-corrected chi connectivity index (χ4v) is 4.23. The molecule has 0 radical (unpaired) electrons. The maximum Gasteiger partial charge on any atom is 0.0945 e. The molecule has 1 unspecified atom stereocenters. The van der Waals surface area contributed by atoms with Crippen LogP contribution < -0.4 is 5.32 Å². The van der Waals surface area contributed by atoms with Gasteiger partial charge in [-0.25, -0.2) is 4.98 Å². The smallest absolute Gasteiger partial charge is 0.0945 e. The largest absolute Gasteiger partial charge is 0.337 e. The van der Waals surface area contributed by atoms with E-state index in [4.69, 9.17) is 11.6 Å². The summed E-state index contributed by atoms with van der Waals surface area (Å²) in [6, 6.07) is 2.67. The van der Waals surface area contributed by atoms with E-state index in [0.717, 1.165) is 17.4 Å². The van der Waals surface area contributed by atoms with Crippen LogP contribution in [-0.4, -0.2) is 16.1 Å². The molecule has 0 aliphatic heterocycles. The summed E-state index contributed by atoms with van der Waals surface area (Å²) in [6.07, 6.45) is 11.8. The number of thiophene rings is 1.